The third-order valence-corrected chi connectivity index (χ3v) is 11.8. The molecule has 1 fully saturated rings. The fourth-order valence-electron chi connectivity index (χ4n) is 7.85. The molecule has 1 aliphatic rings. The average molecular weight is 984 g/mol. The highest BCUT2D eigenvalue weighted by atomic mass is 16.6. The molecule has 0 radical (unpaired) electrons. The van der Waals surface area contributed by atoms with Crippen LogP contribution in [0, 0.1) is 0 Å². The summed E-state index contributed by atoms with van der Waals surface area (Å²) in [5.41, 5.74) is 0. The molecule has 2 atom stereocenters. The lowest BCUT2D eigenvalue weighted by Gasteiger charge is -2.46. The molecule has 0 saturated carbocycles. The molecule has 1 saturated heterocycles. The van der Waals surface area contributed by atoms with E-state index in [4.69, 9.17) is 33.2 Å². The summed E-state index contributed by atoms with van der Waals surface area (Å²) in [5, 5.41) is 0. The fourth-order valence-corrected chi connectivity index (χ4v) is 7.85. The number of likely N-dealkylation sites (tertiary alicyclic amines) is 1. The van der Waals surface area contributed by atoms with Crippen LogP contribution in [0.5, 0.6) is 0 Å². The zero-order valence-corrected chi connectivity index (χ0v) is 43.6. The van der Waals surface area contributed by atoms with Crippen molar-refractivity contribution >= 4 is 41.9 Å². The zero-order chi connectivity index (χ0) is 50.7. The van der Waals surface area contributed by atoms with E-state index < -0.39 is 67.1 Å². The number of nitrogens with zero attached hydrogens (tertiary/aromatic N) is 3. The molecule has 0 N–H and O–H groups in total. The molecule has 0 unspecified atom stereocenters. The molecule has 69 heavy (non-hydrogen) atoms. The Balaban J connectivity index is 2.83. The molecule has 1 amide bonds. The third kappa shape index (κ3) is 34.1. The van der Waals surface area contributed by atoms with E-state index in [1.165, 1.54) is 40.4 Å². The number of hydrogen-bond donors (Lipinski definition) is 0. The molecule has 0 aromatic carbocycles. The number of rotatable bonds is 45. The van der Waals surface area contributed by atoms with Crippen molar-refractivity contribution < 1.29 is 66.7 Å². The van der Waals surface area contributed by atoms with Crippen LogP contribution < -0.4 is 0 Å². The van der Waals surface area contributed by atoms with Gasteiger partial charge in [-0.05, 0) is 39.0 Å². The summed E-state index contributed by atoms with van der Waals surface area (Å²) in [6.45, 7) is 8.80. The Hall–Kier alpha value is -3.99. The minimum Gasteiger partial charge on any atom is -0.465 e. The van der Waals surface area contributed by atoms with Crippen molar-refractivity contribution in [2.75, 3.05) is 85.5 Å². The zero-order valence-electron chi connectivity index (χ0n) is 43.6. The maximum atomic E-state index is 13.2. The van der Waals surface area contributed by atoms with Gasteiger partial charge in [0.05, 0.1) is 84.4 Å². The van der Waals surface area contributed by atoms with E-state index in [9.17, 15) is 33.6 Å². The van der Waals surface area contributed by atoms with Crippen LogP contribution in [0.25, 0.3) is 0 Å². The van der Waals surface area contributed by atoms with E-state index in [1.54, 1.807) is 6.92 Å². The summed E-state index contributed by atoms with van der Waals surface area (Å²) < 4.78 is 38.1. The van der Waals surface area contributed by atoms with E-state index in [2.05, 4.69) is 27.7 Å². The van der Waals surface area contributed by atoms with Gasteiger partial charge in [0.1, 0.15) is 13.2 Å². The van der Waals surface area contributed by atoms with Gasteiger partial charge in [-0.3, -0.25) is 43.5 Å². The van der Waals surface area contributed by atoms with Crippen LogP contribution in [0.2, 0.25) is 0 Å². The first-order valence-electron chi connectivity index (χ1n) is 26.8. The Morgan fingerprint density at radius 2 is 0.594 bits per heavy atom. The molecule has 0 aromatic rings. The monoisotopic (exact) mass is 984 g/mol. The van der Waals surface area contributed by atoms with Crippen molar-refractivity contribution in [3.8, 4) is 0 Å². The van der Waals surface area contributed by atoms with E-state index in [0.717, 1.165) is 128 Å². The molecule has 400 valence electrons. The van der Waals surface area contributed by atoms with Crippen molar-refractivity contribution in [3.63, 3.8) is 0 Å². The summed E-state index contributed by atoms with van der Waals surface area (Å²) in [5.74, 6) is -3.73. The molecular formula is C52H93N3O14. The number of amides is 1. The lowest BCUT2D eigenvalue weighted by Crippen LogP contribution is -2.62. The molecule has 1 heterocycles. The molecule has 0 aliphatic carbocycles. The number of carbonyl (C=O) groups excluding carboxylic acids is 7. The summed E-state index contributed by atoms with van der Waals surface area (Å²) >= 11 is 0. The van der Waals surface area contributed by atoms with Crippen LogP contribution in [-0.2, 0) is 61.9 Å². The van der Waals surface area contributed by atoms with Crippen molar-refractivity contribution in [1.82, 2.24) is 14.7 Å². The predicted molar refractivity (Wildman–Crippen MR) is 263 cm³/mol. The fraction of sp³-hybridized carbons (Fsp3) is 0.865. The van der Waals surface area contributed by atoms with Gasteiger partial charge in [0.15, 0.2) is 0 Å². The van der Waals surface area contributed by atoms with Crippen LogP contribution in [-0.4, -0.2) is 154 Å². The smallest absolute Gasteiger partial charge is 0.410 e. The van der Waals surface area contributed by atoms with Gasteiger partial charge in [-0.2, -0.15) is 0 Å². The summed E-state index contributed by atoms with van der Waals surface area (Å²) in [6, 6.07) is -1.21. The Bertz CT molecular complexity index is 1240. The largest absolute Gasteiger partial charge is 0.465 e. The minimum atomic E-state index is -0.725. The molecule has 0 spiro atoms. The number of carbonyl (C=O) groups is 7. The number of unbranched alkanes of at least 4 members (excludes halogenated alkanes) is 20. The van der Waals surface area contributed by atoms with Gasteiger partial charge in [-0.25, -0.2) is 4.79 Å². The normalized spacial score (nSPS) is 14.3. The van der Waals surface area contributed by atoms with Gasteiger partial charge in [0.2, 0.25) is 0 Å². The quantitative estimate of drug-likeness (QED) is 0.0319. The van der Waals surface area contributed by atoms with Crippen LogP contribution in [0.15, 0.2) is 0 Å². The molecular weight excluding hydrogens is 891 g/mol. The second-order valence-electron chi connectivity index (χ2n) is 18.3. The van der Waals surface area contributed by atoms with E-state index >= 15 is 0 Å². The van der Waals surface area contributed by atoms with Crippen molar-refractivity contribution in [3.05, 3.63) is 0 Å². The van der Waals surface area contributed by atoms with Gasteiger partial charge in [0, 0.05) is 0 Å². The van der Waals surface area contributed by atoms with Gasteiger partial charge in [0.25, 0.3) is 0 Å². The van der Waals surface area contributed by atoms with Gasteiger partial charge in [-0.1, -0.05) is 156 Å². The highest BCUT2D eigenvalue weighted by Gasteiger charge is 2.44. The molecule has 17 heteroatoms. The van der Waals surface area contributed by atoms with Crippen LogP contribution in [0.3, 0.4) is 0 Å². The molecule has 1 aliphatic heterocycles. The molecule has 0 bridgehead atoms. The van der Waals surface area contributed by atoms with Crippen molar-refractivity contribution in [2.24, 2.45) is 0 Å². The first kappa shape index (κ1) is 63.0. The van der Waals surface area contributed by atoms with E-state index in [-0.39, 0.29) is 72.4 Å². The highest BCUT2D eigenvalue weighted by molar-refractivity contribution is 5.79. The second kappa shape index (κ2) is 42.9. The lowest BCUT2D eigenvalue weighted by molar-refractivity contribution is -0.155. The summed E-state index contributed by atoms with van der Waals surface area (Å²) in [6.07, 6.45) is 24.3. The Labute approximate surface area is 415 Å². The van der Waals surface area contributed by atoms with Gasteiger partial charge in [-0.15, -0.1) is 0 Å². The van der Waals surface area contributed by atoms with Crippen molar-refractivity contribution in [1.29, 1.82) is 0 Å². The van der Waals surface area contributed by atoms with Gasteiger partial charge < -0.3 is 33.2 Å². The Kier molecular flexibility index (Phi) is 39.1. The molecule has 17 nitrogen and oxygen atoms in total. The van der Waals surface area contributed by atoms with Crippen LogP contribution in [0.1, 0.15) is 195 Å². The topological polar surface area (TPSA) is 194 Å². The summed E-state index contributed by atoms with van der Waals surface area (Å²) in [4.78, 5) is 94.6. The maximum absolute atomic E-state index is 13.2. The van der Waals surface area contributed by atoms with E-state index in [0.29, 0.717) is 6.42 Å². The standard InChI is InChI=1S/C52H93N3O14/c1-6-11-15-19-23-27-31-64-46(56)36-53(37-47(57)65-32-28-24-20-16-12-7-2)40-50(60)68-42-44-35-45(55(44)52(62)63-10-5)43-69-51(61)41-54(38-48(58)66-33-29-25-21-17-13-8-3)39-49(59)67-34-30-26-22-18-14-9-4/h44-45H,6-43H2,1-5H3/t44-,45+. The first-order chi connectivity index (χ1) is 33.5. The minimum absolute atomic E-state index is 0.0755. The van der Waals surface area contributed by atoms with Crippen LogP contribution in [0.4, 0.5) is 4.79 Å². The molecule has 1 rings (SSSR count). The average Bonchev–Trinajstić information content (AvgIpc) is 3.29. The Morgan fingerprint density at radius 1 is 0.348 bits per heavy atom. The second-order valence-corrected chi connectivity index (χ2v) is 18.3. The Morgan fingerprint density at radius 3 is 0.855 bits per heavy atom. The van der Waals surface area contributed by atoms with Crippen LogP contribution >= 0.6 is 0 Å². The SMILES string of the molecule is CCCCCCCCOC(=O)CN(CC(=O)OCCCCCCCC)CC(=O)OC[C@@H]1C[C@H](COC(=O)CN(CC(=O)OCCCCCCCC)CC(=O)OCCCCCCCC)N1C(=O)OCC. The maximum Gasteiger partial charge on any atom is 0.410 e. The number of ether oxygens (including phenoxy) is 7. The summed E-state index contributed by atoms with van der Waals surface area (Å²) in [7, 11) is 0. The van der Waals surface area contributed by atoms with Gasteiger partial charge >= 0.3 is 41.9 Å². The van der Waals surface area contributed by atoms with Crippen molar-refractivity contribution in [2.45, 2.75) is 207 Å². The first-order valence-corrected chi connectivity index (χ1v) is 26.8. The third-order valence-electron chi connectivity index (χ3n) is 11.8. The number of hydrogen-bond acceptors (Lipinski definition) is 16. The number of esters is 6. The highest BCUT2D eigenvalue weighted by Crippen LogP contribution is 2.28. The van der Waals surface area contributed by atoms with E-state index in [1.807, 2.05) is 0 Å². The molecule has 0 aromatic heterocycles. The predicted octanol–water partition coefficient (Wildman–Crippen LogP) is 8.89. The lowest BCUT2D eigenvalue weighted by atomic mass is 9.94.